The molecule has 4 aliphatic rings. The summed E-state index contributed by atoms with van der Waals surface area (Å²) >= 11 is 0. The number of hydroxylamine groups is 2. The monoisotopic (exact) mass is 746 g/mol. The van der Waals surface area contributed by atoms with Crippen molar-refractivity contribution in [3.8, 4) is 0 Å². The zero-order valence-electron chi connectivity index (χ0n) is 33.4. The number of carbonyl (C=O) groups is 3. The third-order valence-electron chi connectivity index (χ3n) is 12.3. The Balaban J connectivity index is 1.02. The van der Waals surface area contributed by atoms with Gasteiger partial charge in [-0.25, -0.2) is 4.79 Å². The Morgan fingerprint density at radius 3 is 2.16 bits per heavy atom. The predicted octanol–water partition coefficient (Wildman–Crippen LogP) is 10.4. The van der Waals surface area contributed by atoms with Crippen molar-refractivity contribution in [1.82, 2.24) is 5.06 Å². The number of imide groups is 1. The van der Waals surface area contributed by atoms with Crippen LogP contribution in [0.25, 0.3) is 21.5 Å². The fourth-order valence-electron chi connectivity index (χ4n) is 9.51. The molecule has 1 saturated heterocycles. The van der Waals surface area contributed by atoms with Crippen molar-refractivity contribution in [2.24, 2.45) is 0 Å². The van der Waals surface area contributed by atoms with E-state index in [4.69, 9.17) is 4.84 Å². The van der Waals surface area contributed by atoms with Crippen molar-refractivity contribution in [3.05, 3.63) is 131 Å². The van der Waals surface area contributed by atoms with Gasteiger partial charge >= 0.3 is 5.97 Å². The number of unbranched alkanes of at least 4 members (excludes halogenated alkanes) is 2. The van der Waals surface area contributed by atoms with Crippen LogP contribution >= 0.6 is 0 Å². The highest BCUT2D eigenvalue weighted by atomic mass is 16.7. The van der Waals surface area contributed by atoms with Gasteiger partial charge in [0.05, 0.1) is 5.41 Å². The summed E-state index contributed by atoms with van der Waals surface area (Å²) in [5, 5.41) is 5.77. The molecule has 1 fully saturated rings. The van der Waals surface area contributed by atoms with E-state index < -0.39 is 17.8 Å². The second kappa shape index (κ2) is 14.8. The van der Waals surface area contributed by atoms with Crippen molar-refractivity contribution >= 4 is 56.4 Å². The van der Waals surface area contributed by atoms with Crippen molar-refractivity contribution in [3.63, 3.8) is 0 Å². The molecule has 7 heteroatoms. The van der Waals surface area contributed by atoms with Gasteiger partial charge in [0.1, 0.15) is 7.05 Å². The Morgan fingerprint density at radius 1 is 0.750 bits per heavy atom. The van der Waals surface area contributed by atoms with E-state index in [1.54, 1.807) is 0 Å². The van der Waals surface area contributed by atoms with E-state index in [2.05, 4.69) is 147 Å². The molecule has 0 atom stereocenters. The van der Waals surface area contributed by atoms with Gasteiger partial charge in [0, 0.05) is 60.3 Å². The fourth-order valence-corrected chi connectivity index (χ4v) is 9.51. The van der Waals surface area contributed by atoms with Crippen LogP contribution in [-0.2, 0) is 30.1 Å². The van der Waals surface area contributed by atoms with Crippen LogP contribution in [0, 0.1) is 0 Å². The van der Waals surface area contributed by atoms with Crippen LogP contribution in [0.15, 0.2) is 120 Å². The Labute approximate surface area is 330 Å². The summed E-state index contributed by atoms with van der Waals surface area (Å²) in [7, 11) is 2.20. The van der Waals surface area contributed by atoms with Crippen LogP contribution < -0.4 is 4.90 Å². The molecule has 0 spiro atoms. The van der Waals surface area contributed by atoms with Crippen molar-refractivity contribution in [2.75, 3.05) is 18.5 Å². The molecule has 0 saturated carbocycles. The first-order chi connectivity index (χ1) is 26.9. The van der Waals surface area contributed by atoms with Crippen LogP contribution in [0.5, 0.6) is 0 Å². The summed E-state index contributed by atoms with van der Waals surface area (Å²) in [5.74, 6) is -1.43. The van der Waals surface area contributed by atoms with Crippen LogP contribution in [0.4, 0.5) is 11.4 Å². The number of anilines is 1. The molecule has 8 rings (SSSR count). The standard InChI is InChI=1S/C49H52N3O4/c1-48(2)41(50(5)39-25-23-35-16-8-10-18-37(35)46(39)48)27-21-33-14-13-15-34(32-33)22-28-42-49(3,4)47-38-19-11-9-17-36(38)24-26-40(47)51(42)31-12-6-7-20-45(55)56-52-43(53)29-30-44(52)54/h8-11,16-19,21-28,32H,6-7,12-15,20,29-31H2,1-5H3/q+1. The molecule has 0 unspecified atom stereocenters. The largest absolute Gasteiger partial charge is 0.344 e. The fraction of sp³-hybridized carbons (Fsp3) is 0.347. The Kier molecular flexibility index (Phi) is 9.90. The third-order valence-corrected chi connectivity index (χ3v) is 12.3. The van der Waals surface area contributed by atoms with Crippen molar-refractivity contribution in [2.45, 2.75) is 96.3 Å². The molecule has 0 aromatic heterocycles. The number of hydrogen-bond acceptors (Lipinski definition) is 5. The number of rotatable bonds is 10. The van der Waals surface area contributed by atoms with Crippen LogP contribution in [0.1, 0.15) is 96.6 Å². The van der Waals surface area contributed by atoms with Crippen LogP contribution in [0.2, 0.25) is 0 Å². The van der Waals surface area contributed by atoms with E-state index in [1.807, 2.05) is 0 Å². The number of amides is 2. The number of nitrogens with zero attached hydrogens (tertiary/aromatic N) is 3. The summed E-state index contributed by atoms with van der Waals surface area (Å²) in [6.45, 7) is 10.2. The van der Waals surface area contributed by atoms with E-state index in [0.717, 1.165) is 38.6 Å². The van der Waals surface area contributed by atoms with Gasteiger partial charge in [0.2, 0.25) is 5.69 Å². The quantitative estimate of drug-likeness (QED) is 0.0918. The molecule has 286 valence electrons. The molecule has 3 heterocycles. The van der Waals surface area contributed by atoms with Crippen LogP contribution in [-0.4, -0.2) is 46.7 Å². The van der Waals surface area contributed by atoms with E-state index in [9.17, 15) is 14.4 Å². The molecule has 0 N–H and O–H groups in total. The Hall–Kier alpha value is -5.56. The third kappa shape index (κ3) is 6.71. The zero-order valence-corrected chi connectivity index (χ0v) is 33.4. The highest BCUT2D eigenvalue weighted by molar-refractivity contribution is 6.08. The maximum absolute atomic E-state index is 12.4. The summed E-state index contributed by atoms with van der Waals surface area (Å²) in [6.07, 6.45) is 17.6. The topological polar surface area (TPSA) is 69.9 Å². The summed E-state index contributed by atoms with van der Waals surface area (Å²) in [5.41, 5.74) is 10.2. The predicted molar refractivity (Wildman–Crippen MR) is 225 cm³/mol. The van der Waals surface area contributed by atoms with Gasteiger partial charge in [-0.3, -0.25) is 9.59 Å². The molecule has 56 heavy (non-hydrogen) atoms. The van der Waals surface area contributed by atoms with E-state index in [1.165, 1.54) is 66.6 Å². The molecule has 7 nitrogen and oxygen atoms in total. The number of hydrogen-bond donors (Lipinski definition) is 0. The normalized spacial score (nSPS) is 20.3. The number of allylic oxidation sites excluding steroid dienone is 8. The first-order valence-electron chi connectivity index (χ1n) is 20.2. The molecule has 1 aliphatic carbocycles. The molecular formula is C49H52N3O4+. The van der Waals surface area contributed by atoms with Crippen LogP contribution in [0.3, 0.4) is 0 Å². The average Bonchev–Trinajstić information content (AvgIpc) is 3.70. The second-order valence-electron chi connectivity index (χ2n) is 16.8. The van der Waals surface area contributed by atoms with E-state index in [0.29, 0.717) is 11.5 Å². The summed E-state index contributed by atoms with van der Waals surface area (Å²) in [4.78, 5) is 43.7. The molecular weight excluding hydrogens is 695 g/mol. The lowest BCUT2D eigenvalue weighted by Gasteiger charge is -2.27. The SMILES string of the molecule is C[N+]1=C(/C=C/C2=CC(=C\C=C3/N(CCCCCC(=O)ON4C(=O)CCC4=O)c4ccc5ccccc5c4C3(C)C)/CCC2)C(C)(C)c2c1ccc1ccccc21. The van der Waals surface area contributed by atoms with Gasteiger partial charge in [-0.1, -0.05) is 93.1 Å². The molecule has 0 radical (unpaired) electrons. The second-order valence-corrected chi connectivity index (χ2v) is 16.8. The minimum atomic E-state index is -0.536. The maximum atomic E-state index is 12.4. The lowest BCUT2D eigenvalue weighted by atomic mass is 9.79. The molecule has 4 aromatic rings. The lowest BCUT2D eigenvalue weighted by Crippen LogP contribution is -2.32. The highest BCUT2D eigenvalue weighted by Gasteiger charge is 2.44. The van der Waals surface area contributed by atoms with Gasteiger partial charge in [-0.05, 0) is 102 Å². The van der Waals surface area contributed by atoms with Gasteiger partial charge in [0.25, 0.3) is 11.8 Å². The molecule has 4 aromatic carbocycles. The molecule has 2 amide bonds. The van der Waals surface area contributed by atoms with E-state index >= 15 is 0 Å². The van der Waals surface area contributed by atoms with Crippen molar-refractivity contribution in [1.29, 1.82) is 0 Å². The molecule has 0 bridgehead atoms. The van der Waals surface area contributed by atoms with Gasteiger partial charge < -0.3 is 9.74 Å². The summed E-state index contributed by atoms with van der Waals surface area (Å²) < 4.78 is 2.37. The minimum absolute atomic E-state index is 0.0968. The highest BCUT2D eigenvalue weighted by Crippen LogP contribution is 2.51. The Bertz CT molecular complexity index is 2430. The van der Waals surface area contributed by atoms with Gasteiger partial charge in [-0.15, -0.1) is 5.06 Å². The Morgan fingerprint density at radius 2 is 1.43 bits per heavy atom. The van der Waals surface area contributed by atoms with Crippen molar-refractivity contribution < 1.29 is 23.8 Å². The first-order valence-corrected chi connectivity index (χ1v) is 20.2. The maximum Gasteiger partial charge on any atom is 0.333 e. The minimum Gasteiger partial charge on any atom is -0.344 e. The molecule has 3 aliphatic heterocycles. The number of carbonyl (C=O) groups excluding carboxylic acids is 3. The zero-order chi connectivity index (χ0) is 39.2. The average molecular weight is 747 g/mol. The number of benzene rings is 4. The first kappa shape index (κ1) is 37.4. The number of fused-ring (bicyclic) bond motifs is 6. The van der Waals surface area contributed by atoms with E-state index in [-0.39, 0.29) is 30.1 Å². The smallest absolute Gasteiger partial charge is 0.333 e. The lowest BCUT2D eigenvalue weighted by molar-refractivity contribution is -0.401. The van der Waals surface area contributed by atoms with Gasteiger partial charge in [-0.2, -0.15) is 4.58 Å². The summed E-state index contributed by atoms with van der Waals surface area (Å²) in [6, 6.07) is 26.4. The van der Waals surface area contributed by atoms with Gasteiger partial charge in [0.15, 0.2) is 5.71 Å².